The number of hydrogen-bond acceptors (Lipinski definition) is 3. The van der Waals surface area contributed by atoms with Crippen LogP contribution in [0.1, 0.15) is 39.2 Å². The van der Waals surface area contributed by atoms with Crippen molar-refractivity contribution in [3.8, 4) is 0 Å². The standard InChI is InChI=1S/C13H23N3/c1-5-9(2)8-11(4)16-13-12(14)10(3)6-7-15-13/h6-7,9,11H,5,8,14H2,1-4H3,(H,15,16). The summed E-state index contributed by atoms with van der Waals surface area (Å²) in [5.74, 6) is 1.55. The highest BCUT2D eigenvalue weighted by Crippen LogP contribution is 2.21. The average molecular weight is 221 g/mol. The van der Waals surface area contributed by atoms with Crippen LogP contribution in [0.3, 0.4) is 0 Å². The molecule has 0 bridgehead atoms. The number of anilines is 2. The van der Waals surface area contributed by atoms with Crippen molar-refractivity contribution in [3.05, 3.63) is 17.8 Å². The Kier molecular flexibility index (Phi) is 4.59. The van der Waals surface area contributed by atoms with Gasteiger partial charge in [0.25, 0.3) is 0 Å². The Labute approximate surface area is 98.5 Å². The highest BCUT2D eigenvalue weighted by atomic mass is 15.0. The fourth-order valence-corrected chi connectivity index (χ4v) is 1.75. The van der Waals surface area contributed by atoms with Gasteiger partial charge in [-0.2, -0.15) is 0 Å². The monoisotopic (exact) mass is 221 g/mol. The molecule has 0 aliphatic rings. The summed E-state index contributed by atoms with van der Waals surface area (Å²) in [6.45, 7) is 8.67. The topological polar surface area (TPSA) is 50.9 Å². The van der Waals surface area contributed by atoms with Crippen molar-refractivity contribution in [2.75, 3.05) is 11.1 Å². The summed E-state index contributed by atoms with van der Waals surface area (Å²) in [6.07, 6.45) is 4.15. The number of aromatic nitrogens is 1. The third kappa shape index (κ3) is 3.40. The first-order chi connectivity index (χ1) is 7.54. The molecule has 1 aromatic heterocycles. The van der Waals surface area contributed by atoms with Crippen LogP contribution in [-0.2, 0) is 0 Å². The number of rotatable bonds is 5. The molecule has 0 radical (unpaired) electrons. The lowest BCUT2D eigenvalue weighted by Crippen LogP contribution is -2.20. The molecule has 3 nitrogen and oxygen atoms in total. The molecule has 0 amide bonds. The number of nitrogens with one attached hydrogen (secondary N) is 1. The zero-order valence-electron chi connectivity index (χ0n) is 10.7. The van der Waals surface area contributed by atoms with E-state index in [1.165, 1.54) is 6.42 Å². The van der Waals surface area contributed by atoms with Crippen molar-refractivity contribution < 1.29 is 0 Å². The minimum absolute atomic E-state index is 0.409. The van der Waals surface area contributed by atoms with Crippen molar-refractivity contribution >= 4 is 11.5 Å². The molecule has 1 rings (SSSR count). The molecule has 0 saturated heterocycles. The van der Waals surface area contributed by atoms with E-state index in [0.29, 0.717) is 6.04 Å². The van der Waals surface area contributed by atoms with Crippen LogP contribution in [-0.4, -0.2) is 11.0 Å². The van der Waals surface area contributed by atoms with Crippen LogP contribution in [0.15, 0.2) is 12.3 Å². The summed E-state index contributed by atoms with van der Waals surface area (Å²) in [4.78, 5) is 4.28. The number of aryl methyl sites for hydroxylation is 1. The summed E-state index contributed by atoms with van der Waals surface area (Å²) in [6, 6.07) is 2.34. The lowest BCUT2D eigenvalue weighted by atomic mass is 10.0. The number of hydrogen-bond donors (Lipinski definition) is 2. The van der Waals surface area contributed by atoms with Crippen LogP contribution in [0.2, 0.25) is 0 Å². The third-order valence-corrected chi connectivity index (χ3v) is 3.04. The maximum Gasteiger partial charge on any atom is 0.149 e. The fraction of sp³-hybridized carbons (Fsp3) is 0.615. The molecule has 1 heterocycles. The Bertz CT molecular complexity index is 336. The van der Waals surface area contributed by atoms with Gasteiger partial charge < -0.3 is 11.1 Å². The molecule has 90 valence electrons. The Morgan fingerprint density at radius 3 is 2.75 bits per heavy atom. The molecule has 3 N–H and O–H groups in total. The van der Waals surface area contributed by atoms with Gasteiger partial charge in [0.1, 0.15) is 5.82 Å². The van der Waals surface area contributed by atoms with Gasteiger partial charge in [0, 0.05) is 12.2 Å². The molecule has 16 heavy (non-hydrogen) atoms. The van der Waals surface area contributed by atoms with E-state index in [2.05, 4.69) is 31.1 Å². The average Bonchev–Trinajstić information content (AvgIpc) is 2.24. The molecule has 0 saturated carbocycles. The number of pyridine rings is 1. The summed E-state index contributed by atoms with van der Waals surface area (Å²) in [5, 5.41) is 3.38. The van der Waals surface area contributed by atoms with E-state index < -0.39 is 0 Å². The fourth-order valence-electron chi connectivity index (χ4n) is 1.75. The normalized spacial score (nSPS) is 14.5. The van der Waals surface area contributed by atoms with E-state index in [-0.39, 0.29) is 0 Å². The minimum atomic E-state index is 0.409. The van der Waals surface area contributed by atoms with Crippen LogP contribution in [0.4, 0.5) is 11.5 Å². The Balaban J connectivity index is 2.62. The van der Waals surface area contributed by atoms with Crippen LogP contribution >= 0.6 is 0 Å². The summed E-state index contributed by atoms with van der Waals surface area (Å²) >= 11 is 0. The van der Waals surface area contributed by atoms with Gasteiger partial charge in [0.05, 0.1) is 5.69 Å². The van der Waals surface area contributed by atoms with E-state index in [1.54, 1.807) is 6.20 Å². The van der Waals surface area contributed by atoms with E-state index in [1.807, 2.05) is 13.0 Å². The van der Waals surface area contributed by atoms with E-state index in [4.69, 9.17) is 5.73 Å². The van der Waals surface area contributed by atoms with E-state index in [9.17, 15) is 0 Å². The van der Waals surface area contributed by atoms with Crippen molar-refractivity contribution in [1.82, 2.24) is 4.98 Å². The van der Waals surface area contributed by atoms with Crippen LogP contribution in [0.25, 0.3) is 0 Å². The molecule has 0 fully saturated rings. The Morgan fingerprint density at radius 1 is 1.44 bits per heavy atom. The quantitative estimate of drug-likeness (QED) is 0.802. The molecule has 1 aromatic rings. The van der Waals surface area contributed by atoms with E-state index >= 15 is 0 Å². The zero-order valence-corrected chi connectivity index (χ0v) is 10.7. The zero-order chi connectivity index (χ0) is 12.1. The second-order valence-electron chi connectivity index (χ2n) is 4.68. The number of nitrogens with zero attached hydrogens (tertiary/aromatic N) is 1. The lowest BCUT2D eigenvalue weighted by molar-refractivity contribution is 0.483. The maximum atomic E-state index is 5.97. The van der Waals surface area contributed by atoms with Gasteiger partial charge in [-0.25, -0.2) is 4.98 Å². The highest BCUT2D eigenvalue weighted by molar-refractivity contribution is 5.65. The number of nitrogens with two attached hydrogens (primary N) is 1. The molecular weight excluding hydrogens is 198 g/mol. The van der Waals surface area contributed by atoms with Gasteiger partial charge in [-0.1, -0.05) is 20.3 Å². The van der Waals surface area contributed by atoms with Gasteiger partial charge in [-0.3, -0.25) is 0 Å². The van der Waals surface area contributed by atoms with Gasteiger partial charge in [0.15, 0.2) is 0 Å². The molecule has 0 aromatic carbocycles. The van der Waals surface area contributed by atoms with Crippen molar-refractivity contribution in [2.24, 2.45) is 5.92 Å². The third-order valence-electron chi connectivity index (χ3n) is 3.04. The lowest BCUT2D eigenvalue weighted by Gasteiger charge is -2.19. The largest absolute Gasteiger partial charge is 0.396 e. The highest BCUT2D eigenvalue weighted by Gasteiger charge is 2.10. The molecule has 3 heteroatoms. The summed E-state index contributed by atoms with van der Waals surface area (Å²) in [5.41, 5.74) is 7.81. The van der Waals surface area contributed by atoms with Crippen LogP contribution < -0.4 is 11.1 Å². The van der Waals surface area contributed by atoms with Gasteiger partial charge in [-0.15, -0.1) is 0 Å². The predicted molar refractivity (Wildman–Crippen MR) is 70.5 cm³/mol. The first kappa shape index (κ1) is 12.8. The minimum Gasteiger partial charge on any atom is -0.396 e. The first-order valence-electron chi connectivity index (χ1n) is 6.02. The molecular formula is C13H23N3. The van der Waals surface area contributed by atoms with Crippen LogP contribution in [0, 0.1) is 12.8 Å². The Hall–Kier alpha value is -1.25. The van der Waals surface area contributed by atoms with Gasteiger partial charge >= 0.3 is 0 Å². The predicted octanol–water partition coefficient (Wildman–Crippen LogP) is 3.21. The second-order valence-corrected chi connectivity index (χ2v) is 4.68. The smallest absolute Gasteiger partial charge is 0.149 e. The Morgan fingerprint density at radius 2 is 2.12 bits per heavy atom. The van der Waals surface area contributed by atoms with Crippen molar-refractivity contribution in [1.29, 1.82) is 0 Å². The van der Waals surface area contributed by atoms with Crippen LogP contribution in [0.5, 0.6) is 0 Å². The molecule has 0 aliphatic heterocycles. The maximum absolute atomic E-state index is 5.97. The summed E-state index contributed by atoms with van der Waals surface area (Å²) < 4.78 is 0. The molecule has 2 atom stereocenters. The molecule has 2 unspecified atom stereocenters. The second kappa shape index (κ2) is 5.73. The SMILES string of the molecule is CCC(C)CC(C)Nc1nccc(C)c1N. The number of nitrogen functional groups attached to an aromatic ring is 1. The van der Waals surface area contributed by atoms with Gasteiger partial charge in [-0.05, 0) is 37.8 Å². The first-order valence-corrected chi connectivity index (χ1v) is 6.02. The summed E-state index contributed by atoms with van der Waals surface area (Å²) in [7, 11) is 0. The van der Waals surface area contributed by atoms with Gasteiger partial charge in [0.2, 0.25) is 0 Å². The van der Waals surface area contributed by atoms with E-state index in [0.717, 1.165) is 29.4 Å². The van der Waals surface area contributed by atoms with Crippen molar-refractivity contribution in [3.63, 3.8) is 0 Å². The van der Waals surface area contributed by atoms with Crippen molar-refractivity contribution in [2.45, 2.75) is 46.6 Å². The molecule has 0 aliphatic carbocycles. The molecule has 0 spiro atoms.